The van der Waals surface area contributed by atoms with Crippen molar-refractivity contribution in [2.45, 2.75) is 53.4 Å². The van der Waals surface area contributed by atoms with Gasteiger partial charge in [0.05, 0.1) is 0 Å². The van der Waals surface area contributed by atoms with Gasteiger partial charge < -0.3 is 0 Å². The van der Waals surface area contributed by atoms with Gasteiger partial charge in [-0.05, 0) is 31.1 Å². The predicted molar refractivity (Wildman–Crippen MR) is 73.4 cm³/mol. The molecule has 0 spiro atoms. The van der Waals surface area contributed by atoms with Gasteiger partial charge in [0.1, 0.15) is 0 Å². The van der Waals surface area contributed by atoms with Crippen molar-refractivity contribution in [1.29, 1.82) is 0 Å². The average Bonchev–Trinajstić information content (AvgIpc) is 2.28. The first-order valence-electron chi connectivity index (χ1n) is 6.99. The van der Waals surface area contributed by atoms with Crippen molar-refractivity contribution in [3.63, 3.8) is 0 Å². The van der Waals surface area contributed by atoms with Gasteiger partial charge in [-0.15, -0.1) is 0 Å². The van der Waals surface area contributed by atoms with Crippen LogP contribution in [-0.2, 0) is 0 Å². The van der Waals surface area contributed by atoms with Gasteiger partial charge in [-0.1, -0.05) is 64.3 Å². The molecule has 0 radical (unpaired) electrons. The molecule has 4 unspecified atom stereocenters. The van der Waals surface area contributed by atoms with E-state index in [-0.39, 0.29) is 0 Å². The first-order chi connectivity index (χ1) is 7.65. The quantitative estimate of drug-likeness (QED) is 0.557. The number of hydrogen-bond acceptors (Lipinski definition) is 0. The van der Waals surface area contributed by atoms with E-state index in [4.69, 9.17) is 0 Å². The fraction of sp³-hybridized carbons (Fsp3) is 0.750. The molecule has 16 heavy (non-hydrogen) atoms. The fourth-order valence-electron chi connectivity index (χ4n) is 3.47. The van der Waals surface area contributed by atoms with Gasteiger partial charge in [0, 0.05) is 5.92 Å². The van der Waals surface area contributed by atoms with Crippen LogP contribution in [0.1, 0.15) is 53.4 Å². The van der Waals surface area contributed by atoms with E-state index in [0.717, 1.165) is 17.8 Å². The second-order valence-corrected chi connectivity index (χ2v) is 5.35. The summed E-state index contributed by atoms with van der Waals surface area (Å²) in [5.74, 6) is 3.14. The van der Waals surface area contributed by atoms with E-state index >= 15 is 0 Å². The molecular formula is C16H28. The monoisotopic (exact) mass is 220 g/mol. The Bertz CT molecular complexity index is 249. The van der Waals surface area contributed by atoms with Gasteiger partial charge in [-0.25, -0.2) is 0 Å². The Balaban J connectivity index is 2.88. The van der Waals surface area contributed by atoms with E-state index in [0.29, 0.717) is 5.92 Å². The lowest BCUT2D eigenvalue weighted by Crippen LogP contribution is -2.31. The van der Waals surface area contributed by atoms with Crippen molar-refractivity contribution in [2.75, 3.05) is 0 Å². The largest absolute Gasteiger partial charge is 0.0995 e. The molecule has 0 amide bonds. The van der Waals surface area contributed by atoms with E-state index in [1.807, 2.05) is 0 Å². The van der Waals surface area contributed by atoms with Crippen LogP contribution < -0.4 is 0 Å². The zero-order valence-electron chi connectivity index (χ0n) is 11.5. The second-order valence-electron chi connectivity index (χ2n) is 5.35. The molecule has 0 heterocycles. The molecule has 0 aromatic heterocycles. The highest BCUT2D eigenvalue weighted by Crippen LogP contribution is 2.42. The van der Waals surface area contributed by atoms with Gasteiger partial charge >= 0.3 is 0 Å². The highest BCUT2D eigenvalue weighted by Gasteiger charge is 2.33. The lowest BCUT2D eigenvalue weighted by Gasteiger charge is -2.39. The maximum Gasteiger partial charge on any atom is 0.000241 e. The van der Waals surface area contributed by atoms with Gasteiger partial charge in [0.2, 0.25) is 0 Å². The SMILES string of the molecule is C=C(C)C1C=CC(CCC)C(CC)C1CC. The Kier molecular flexibility index (Phi) is 5.31. The van der Waals surface area contributed by atoms with Crippen molar-refractivity contribution >= 4 is 0 Å². The molecule has 0 N–H and O–H groups in total. The van der Waals surface area contributed by atoms with E-state index in [9.17, 15) is 0 Å². The predicted octanol–water partition coefficient (Wildman–Crippen LogP) is 5.22. The zero-order chi connectivity index (χ0) is 12.1. The molecule has 4 atom stereocenters. The van der Waals surface area contributed by atoms with Gasteiger partial charge in [-0.3, -0.25) is 0 Å². The van der Waals surface area contributed by atoms with Crippen molar-refractivity contribution < 1.29 is 0 Å². The molecule has 1 rings (SSSR count). The molecule has 0 aliphatic heterocycles. The Morgan fingerprint density at radius 3 is 2.12 bits per heavy atom. The van der Waals surface area contributed by atoms with Crippen LogP contribution in [0.3, 0.4) is 0 Å². The molecule has 1 aliphatic carbocycles. The molecular weight excluding hydrogens is 192 g/mol. The van der Waals surface area contributed by atoms with Crippen molar-refractivity contribution in [1.82, 2.24) is 0 Å². The van der Waals surface area contributed by atoms with Crippen LogP contribution in [0.4, 0.5) is 0 Å². The van der Waals surface area contributed by atoms with Gasteiger partial charge in [0.15, 0.2) is 0 Å². The Labute approximate surface area is 102 Å². The molecule has 0 nitrogen and oxygen atoms in total. The molecule has 0 aromatic carbocycles. The van der Waals surface area contributed by atoms with Crippen LogP contribution in [0.2, 0.25) is 0 Å². The fourth-order valence-corrected chi connectivity index (χ4v) is 3.47. The van der Waals surface area contributed by atoms with Crippen LogP contribution in [0, 0.1) is 23.7 Å². The Morgan fingerprint density at radius 1 is 1.06 bits per heavy atom. The molecule has 0 aromatic rings. The topological polar surface area (TPSA) is 0 Å². The minimum atomic E-state index is 0.628. The summed E-state index contributed by atoms with van der Waals surface area (Å²) in [5, 5.41) is 0. The molecule has 92 valence electrons. The molecule has 0 heteroatoms. The van der Waals surface area contributed by atoms with E-state index in [1.165, 1.54) is 31.3 Å². The maximum absolute atomic E-state index is 4.17. The lowest BCUT2D eigenvalue weighted by molar-refractivity contribution is 0.187. The zero-order valence-corrected chi connectivity index (χ0v) is 11.5. The van der Waals surface area contributed by atoms with Crippen LogP contribution in [0.15, 0.2) is 24.3 Å². The normalized spacial score (nSPS) is 34.0. The number of rotatable bonds is 5. The molecule has 0 fully saturated rings. The van der Waals surface area contributed by atoms with Crippen LogP contribution in [0.25, 0.3) is 0 Å². The maximum atomic E-state index is 4.17. The van der Waals surface area contributed by atoms with Gasteiger partial charge in [0.25, 0.3) is 0 Å². The second kappa shape index (κ2) is 6.27. The summed E-state index contributed by atoms with van der Waals surface area (Å²) < 4.78 is 0. The summed E-state index contributed by atoms with van der Waals surface area (Å²) in [5.41, 5.74) is 1.34. The highest BCUT2D eigenvalue weighted by molar-refractivity contribution is 5.15. The lowest BCUT2D eigenvalue weighted by atomic mass is 9.65. The average molecular weight is 220 g/mol. The minimum Gasteiger partial charge on any atom is -0.0995 e. The summed E-state index contributed by atoms with van der Waals surface area (Å²) in [6.45, 7) is 13.3. The number of hydrogen-bond donors (Lipinski definition) is 0. The summed E-state index contributed by atoms with van der Waals surface area (Å²) >= 11 is 0. The third kappa shape index (κ3) is 2.78. The molecule has 1 aliphatic rings. The smallest absolute Gasteiger partial charge is 0.000241 e. The van der Waals surface area contributed by atoms with E-state index in [1.54, 1.807) is 0 Å². The third-order valence-corrected chi connectivity index (χ3v) is 4.26. The standard InChI is InChI=1S/C16H28/c1-6-9-13-10-11-16(12(4)5)15(8-3)14(13)7-2/h10-11,13-16H,4,6-9H2,1-3,5H3. The first-order valence-corrected chi connectivity index (χ1v) is 6.99. The summed E-state index contributed by atoms with van der Waals surface area (Å²) in [7, 11) is 0. The van der Waals surface area contributed by atoms with E-state index < -0.39 is 0 Å². The van der Waals surface area contributed by atoms with Crippen LogP contribution in [0.5, 0.6) is 0 Å². The summed E-state index contributed by atoms with van der Waals surface area (Å²) in [6, 6.07) is 0. The van der Waals surface area contributed by atoms with Crippen LogP contribution in [-0.4, -0.2) is 0 Å². The molecule has 0 saturated carbocycles. The number of allylic oxidation sites excluding steroid dienone is 3. The molecule has 0 bridgehead atoms. The van der Waals surface area contributed by atoms with Crippen LogP contribution >= 0.6 is 0 Å². The van der Waals surface area contributed by atoms with Crippen molar-refractivity contribution in [2.24, 2.45) is 23.7 Å². The molecule has 0 saturated heterocycles. The first kappa shape index (κ1) is 13.5. The highest BCUT2D eigenvalue weighted by atomic mass is 14.4. The van der Waals surface area contributed by atoms with Gasteiger partial charge in [-0.2, -0.15) is 0 Å². The minimum absolute atomic E-state index is 0.628. The van der Waals surface area contributed by atoms with Crippen molar-refractivity contribution in [3.05, 3.63) is 24.3 Å². The van der Waals surface area contributed by atoms with E-state index in [2.05, 4.69) is 46.4 Å². The Hall–Kier alpha value is -0.520. The third-order valence-electron chi connectivity index (χ3n) is 4.26. The Morgan fingerprint density at radius 2 is 1.69 bits per heavy atom. The summed E-state index contributed by atoms with van der Waals surface area (Å²) in [6.07, 6.45) is 10.2. The summed E-state index contributed by atoms with van der Waals surface area (Å²) in [4.78, 5) is 0. The van der Waals surface area contributed by atoms with Crippen molar-refractivity contribution in [3.8, 4) is 0 Å².